The van der Waals surface area contributed by atoms with Crippen molar-refractivity contribution in [1.29, 1.82) is 0 Å². The van der Waals surface area contributed by atoms with Crippen LogP contribution in [0.25, 0.3) is 0 Å². The quantitative estimate of drug-likeness (QED) is 0.763. The number of hydrogen-bond acceptors (Lipinski definition) is 4. The average Bonchev–Trinajstić information content (AvgIpc) is 2.62. The van der Waals surface area contributed by atoms with Gasteiger partial charge in [0.2, 0.25) is 0 Å². The molecule has 5 heteroatoms. The largest absolute Gasteiger partial charge is 0.491 e. The van der Waals surface area contributed by atoms with Gasteiger partial charge < -0.3 is 15.2 Å². The second-order valence-electron chi connectivity index (χ2n) is 6.71. The normalized spacial score (nSPS) is 12.1. The number of aliphatic hydroxyl groups is 1. The van der Waals surface area contributed by atoms with Crippen molar-refractivity contribution in [2.24, 2.45) is 0 Å². The second kappa shape index (κ2) is 9.36. The molecule has 0 saturated carbocycles. The molecule has 2 aromatic rings. The van der Waals surface area contributed by atoms with Gasteiger partial charge in [-0.3, -0.25) is 9.69 Å². The highest BCUT2D eigenvalue weighted by molar-refractivity contribution is 5.93. The Balaban J connectivity index is 1.82. The first-order valence-electron chi connectivity index (χ1n) is 8.76. The molecule has 2 rings (SSSR count). The van der Waals surface area contributed by atoms with Crippen LogP contribution in [0, 0.1) is 13.8 Å². The number of aryl methyl sites for hydroxylation is 2. The maximum absolute atomic E-state index is 11.6. The second-order valence-corrected chi connectivity index (χ2v) is 6.71. The lowest BCUT2D eigenvalue weighted by molar-refractivity contribution is 0.0741. The molecule has 0 fully saturated rings. The van der Waals surface area contributed by atoms with Gasteiger partial charge in [-0.25, -0.2) is 0 Å². The van der Waals surface area contributed by atoms with Crippen LogP contribution in [0.15, 0.2) is 42.5 Å². The zero-order valence-electron chi connectivity index (χ0n) is 16.0. The van der Waals surface area contributed by atoms with Crippen LogP contribution in [0.5, 0.6) is 5.75 Å². The van der Waals surface area contributed by atoms with Gasteiger partial charge in [0, 0.05) is 25.7 Å². The molecule has 2 N–H and O–H groups in total. The van der Waals surface area contributed by atoms with Gasteiger partial charge in [0.1, 0.15) is 18.5 Å². The zero-order valence-corrected chi connectivity index (χ0v) is 16.0. The van der Waals surface area contributed by atoms with E-state index < -0.39 is 6.10 Å². The number of nitrogens with one attached hydrogen (secondary N) is 1. The molecule has 1 amide bonds. The van der Waals surface area contributed by atoms with Gasteiger partial charge in [-0.1, -0.05) is 24.3 Å². The van der Waals surface area contributed by atoms with E-state index in [4.69, 9.17) is 4.74 Å². The molecule has 0 aliphatic rings. The number of carbonyl (C=O) groups excluding carboxylic acids is 1. The first kappa shape index (κ1) is 19.9. The van der Waals surface area contributed by atoms with Crippen LogP contribution in [0.1, 0.15) is 27.0 Å². The van der Waals surface area contributed by atoms with Gasteiger partial charge in [-0.2, -0.15) is 0 Å². The number of ether oxygens (including phenoxy) is 1. The highest BCUT2D eigenvalue weighted by Crippen LogP contribution is 2.19. The van der Waals surface area contributed by atoms with E-state index in [2.05, 4.69) is 5.32 Å². The van der Waals surface area contributed by atoms with E-state index in [9.17, 15) is 9.90 Å². The van der Waals surface area contributed by atoms with E-state index in [0.29, 0.717) is 18.7 Å². The van der Waals surface area contributed by atoms with Crippen LogP contribution in [-0.4, -0.2) is 49.3 Å². The summed E-state index contributed by atoms with van der Waals surface area (Å²) in [7, 11) is 3.57. The third-order valence-electron chi connectivity index (χ3n) is 4.19. The molecular weight excluding hydrogens is 328 g/mol. The molecule has 5 nitrogen and oxygen atoms in total. The number of rotatable bonds is 8. The van der Waals surface area contributed by atoms with Crippen LogP contribution in [0.2, 0.25) is 0 Å². The van der Waals surface area contributed by atoms with Gasteiger partial charge in [0.25, 0.3) is 5.91 Å². The molecule has 1 atom stereocenters. The van der Waals surface area contributed by atoms with Crippen LogP contribution in [-0.2, 0) is 6.54 Å². The van der Waals surface area contributed by atoms with Crippen molar-refractivity contribution >= 4 is 5.91 Å². The predicted octanol–water partition coefficient (Wildman–Crippen LogP) is 2.53. The molecule has 0 saturated heterocycles. The molecule has 0 heterocycles. The number of nitrogens with zero attached hydrogens (tertiary/aromatic N) is 1. The predicted molar refractivity (Wildman–Crippen MR) is 104 cm³/mol. The van der Waals surface area contributed by atoms with E-state index >= 15 is 0 Å². The molecule has 1 unspecified atom stereocenters. The Kier molecular flexibility index (Phi) is 7.18. The van der Waals surface area contributed by atoms with Gasteiger partial charge >= 0.3 is 0 Å². The SMILES string of the molecule is CNC(=O)c1ccc(CN(C)CC(O)COc2cc(C)ccc2C)cc1. The molecule has 2 aromatic carbocycles. The highest BCUT2D eigenvalue weighted by Gasteiger charge is 2.11. The van der Waals surface area contributed by atoms with E-state index in [1.807, 2.05) is 68.3 Å². The number of hydrogen-bond donors (Lipinski definition) is 2. The van der Waals surface area contributed by atoms with Crippen LogP contribution in [0.3, 0.4) is 0 Å². The third kappa shape index (κ3) is 5.86. The van der Waals surface area contributed by atoms with Crippen molar-refractivity contribution < 1.29 is 14.6 Å². The van der Waals surface area contributed by atoms with Crippen molar-refractivity contribution in [2.45, 2.75) is 26.5 Å². The summed E-state index contributed by atoms with van der Waals surface area (Å²) in [5, 5.41) is 12.9. The molecular formula is C21H28N2O3. The fourth-order valence-electron chi connectivity index (χ4n) is 2.74. The van der Waals surface area contributed by atoms with E-state index in [-0.39, 0.29) is 12.5 Å². The number of amides is 1. The van der Waals surface area contributed by atoms with E-state index in [1.165, 1.54) is 0 Å². The topological polar surface area (TPSA) is 61.8 Å². The summed E-state index contributed by atoms with van der Waals surface area (Å²) in [6.45, 7) is 5.46. The summed E-state index contributed by atoms with van der Waals surface area (Å²) in [6, 6.07) is 13.5. The van der Waals surface area contributed by atoms with E-state index in [1.54, 1.807) is 7.05 Å². The maximum Gasteiger partial charge on any atom is 0.251 e. The van der Waals surface area contributed by atoms with Crippen LogP contribution in [0.4, 0.5) is 0 Å². The minimum atomic E-state index is -0.579. The summed E-state index contributed by atoms with van der Waals surface area (Å²) in [5.74, 6) is 0.723. The lowest BCUT2D eigenvalue weighted by Gasteiger charge is -2.21. The number of benzene rings is 2. The summed E-state index contributed by atoms with van der Waals surface area (Å²) in [5.41, 5.74) is 3.92. The number of likely N-dealkylation sites (N-methyl/N-ethyl adjacent to an activating group) is 1. The van der Waals surface area contributed by atoms with Crippen molar-refractivity contribution in [2.75, 3.05) is 27.2 Å². The molecule has 0 radical (unpaired) electrons. The monoisotopic (exact) mass is 356 g/mol. The molecule has 0 aliphatic heterocycles. The van der Waals surface area contributed by atoms with Crippen molar-refractivity contribution in [3.8, 4) is 5.75 Å². The lowest BCUT2D eigenvalue weighted by Crippen LogP contribution is -2.32. The summed E-state index contributed by atoms with van der Waals surface area (Å²) >= 11 is 0. The Morgan fingerprint density at radius 2 is 1.88 bits per heavy atom. The summed E-state index contributed by atoms with van der Waals surface area (Å²) in [4.78, 5) is 13.6. The van der Waals surface area contributed by atoms with Gasteiger partial charge in [-0.15, -0.1) is 0 Å². The average molecular weight is 356 g/mol. The van der Waals surface area contributed by atoms with Crippen molar-refractivity contribution in [3.63, 3.8) is 0 Å². The molecule has 0 aliphatic carbocycles. The zero-order chi connectivity index (χ0) is 19.1. The standard InChI is InChI=1S/C21H28N2O3/c1-15-5-6-16(2)20(11-15)26-14-19(24)13-23(4)12-17-7-9-18(10-8-17)21(25)22-3/h5-11,19,24H,12-14H2,1-4H3,(H,22,25). The summed E-state index contributed by atoms with van der Waals surface area (Å²) in [6.07, 6.45) is -0.579. The van der Waals surface area contributed by atoms with Gasteiger partial charge in [-0.05, 0) is 55.8 Å². The van der Waals surface area contributed by atoms with E-state index in [0.717, 1.165) is 22.4 Å². The van der Waals surface area contributed by atoms with Crippen LogP contribution < -0.4 is 10.1 Å². The fraction of sp³-hybridized carbons (Fsp3) is 0.381. The molecule has 0 bridgehead atoms. The Hall–Kier alpha value is -2.37. The highest BCUT2D eigenvalue weighted by atomic mass is 16.5. The van der Waals surface area contributed by atoms with Crippen LogP contribution >= 0.6 is 0 Å². The fourth-order valence-corrected chi connectivity index (χ4v) is 2.74. The Bertz CT molecular complexity index is 729. The summed E-state index contributed by atoms with van der Waals surface area (Å²) < 4.78 is 5.76. The molecule has 140 valence electrons. The maximum atomic E-state index is 11.6. The number of aliphatic hydroxyl groups excluding tert-OH is 1. The number of carbonyl (C=O) groups is 1. The Morgan fingerprint density at radius 1 is 1.19 bits per heavy atom. The minimum Gasteiger partial charge on any atom is -0.491 e. The minimum absolute atomic E-state index is 0.0936. The Morgan fingerprint density at radius 3 is 2.54 bits per heavy atom. The van der Waals surface area contributed by atoms with Crippen molar-refractivity contribution in [3.05, 3.63) is 64.7 Å². The lowest BCUT2D eigenvalue weighted by atomic mass is 10.1. The van der Waals surface area contributed by atoms with Gasteiger partial charge in [0.05, 0.1) is 0 Å². The van der Waals surface area contributed by atoms with Crippen molar-refractivity contribution in [1.82, 2.24) is 10.2 Å². The first-order valence-corrected chi connectivity index (χ1v) is 8.76. The van der Waals surface area contributed by atoms with Gasteiger partial charge in [0.15, 0.2) is 0 Å². The molecule has 26 heavy (non-hydrogen) atoms. The molecule has 0 aromatic heterocycles. The third-order valence-corrected chi connectivity index (χ3v) is 4.19. The molecule has 0 spiro atoms. The first-order chi connectivity index (χ1) is 12.4. The smallest absolute Gasteiger partial charge is 0.251 e. The Labute approximate surface area is 155 Å².